The van der Waals surface area contributed by atoms with Crippen LogP contribution in [0.25, 0.3) is 6.08 Å². The standard InChI is InChI=1S/C45H36F2N4O11/c1-61-40-34(17-15-31(38(40)54)44(58)51-35-18-16-32(45(59)60)39(55)41(35)62-2)50-42(56)27-9-13-30(14-10-27)49-43(57)28(19-20-48)23-36(52)26-7-3-25(4-8-26)22-37(53)33(47)21-24-5-11-29(46)12-6-24/h3-18,21,28,54-55H,19,22-23H2,1-2H3,(H,49,57)(H,50,56)(H,51,58)(H,59,60)/b33-21-/t28-/m1/s1. The van der Waals surface area contributed by atoms with Gasteiger partial charge in [-0.25, -0.2) is 13.6 Å². The molecule has 0 fully saturated rings. The number of nitrogens with zero attached hydrogens (tertiary/aromatic N) is 1. The van der Waals surface area contributed by atoms with Crippen LogP contribution >= 0.6 is 0 Å². The third-order valence-corrected chi connectivity index (χ3v) is 9.27. The van der Waals surface area contributed by atoms with Gasteiger partial charge in [-0.1, -0.05) is 36.4 Å². The van der Waals surface area contributed by atoms with Crippen LogP contribution < -0.4 is 25.4 Å². The van der Waals surface area contributed by atoms with Crippen LogP contribution in [0, 0.1) is 23.1 Å². The predicted octanol–water partition coefficient (Wildman–Crippen LogP) is 7.32. The van der Waals surface area contributed by atoms with Crippen molar-refractivity contribution in [1.82, 2.24) is 0 Å². The molecule has 0 bridgehead atoms. The molecule has 0 radical (unpaired) electrons. The Kier molecular flexibility index (Phi) is 14.5. The van der Waals surface area contributed by atoms with Crippen LogP contribution in [0.2, 0.25) is 0 Å². The Balaban J connectivity index is 1.18. The molecule has 0 unspecified atom stereocenters. The predicted molar refractivity (Wildman–Crippen MR) is 221 cm³/mol. The number of carbonyl (C=O) groups is 6. The summed E-state index contributed by atoms with van der Waals surface area (Å²) in [5.41, 5.74) is 0.357. The molecule has 0 saturated carbocycles. The van der Waals surface area contributed by atoms with Crippen molar-refractivity contribution in [2.45, 2.75) is 19.3 Å². The summed E-state index contributed by atoms with van der Waals surface area (Å²) >= 11 is 0. The Bertz CT molecular complexity index is 2620. The Labute approximate surface area is 351 Å². The largest absolute Gasteiger partial charge is 0.504 e. The Morgan fingerprint density at radius 1 is 0.726 bits per heavy atom. The van der Waals surface area contributed by atoms with E-state index in [0.717, 1.165) is 31.4 Å². The second-order valence-corrected chi connectivity index (χ2v) is 13.4. The number of halogens is 2. The highest BCUT2D eigenvalue weighted by Gasteiger charge is 2.25. The van der Waals surface area contributed by atoms with Crippen LogP contribution in [0.5, 0.6) is 23.0 Å². The highest BCUT2D eigenvalue weighted by atomic mass is 19.1. The number of hydrogen-bond donors (Lipinski definition) is 6. The van der Waals surface area contributed by atoms with Gasteiger partial charge in [-0.05, 0) is 77.9 Å². The summed E-state index contributed by atoms with van der Waals surface area (Å²) in [5.74, 6) is -9.51. The highest BCUT2D eigenvalue weighted by Crippen LogP contribution is 2.40. The number of phenolic OH excluding ortho intramolecular Hbond substituents is 1. The van der Waals surface area contributed by atoms with Crippen LogP contribution in [-0.4, -0.2) is 64.8 Å². The van der Waals surface area contributed by atoms with E-state index >= 15 is 0 Å². The third-order valence-electron chi connectivity index (χ3n) is 9.27. The Hall–Kier alpha value is -8.39. The van der Waals surface area contributed by atoms with Crippen LogP contribution in [-0.2, 0) is 16.0 Å². The molecule has 15 nitrogen and oxygen atoms in total. The molecule has 316 valence electrons. The lowest BCUT2D eigenvalue weighted by atomic mass is 9.94. The average Bonchev–Trinajstić information content (AvgIpc) is 3.24. The first kappa shape index (κ1) is 44.7. The van der Waals surface area contributed by atoms with Crippen molar-refractivity contribution >= 4 is 58.4 Å². The van der Waals surface area contributed by atoms with E-state index in [9.17, 15) is 58.1 Å². The number of aromatic hydroxyl groups is 2. The first-order valence-electron chi connectivity index (χ1n) is 18.4. The fourth-order valence-electron chi connectivity index (χ4n) is 6.02. The maximum atomic E-state index is 14.5. The van der Waals surface area contributed by atoms with E-state index in [-0.39, 0.29) is 64.5 Å². The van der Waals surface area contributed by atoms with Crippen LogP contribution in [0.1, 0.15) is 65.4 Å². The molecule has 0 aromatic heterocycles. The van der Waals surface area contributed by atoms with Gasteiger partial charge in [-0.2, -0.15) is 5.26 Å². The zero-order valence-corrected chi connectivity index (χ0v) is 32.8. The van der Waals surface area contributed by atoms with E-state index in [2.05, 4.69) is 16.0 Å². The Morgan fingerprint density at radius 3 is 1.84 bits per heavy atom. The highest BCUT2D eigenvalue weighted by molar-refractivity contribution is 6.10. The lowest BCUT2D eigenvalue weighted by molar-refractivity contribution is -0.119. The molecule has 5 aromatic carbocycles. The van der Waals surface area contributed by atoms with Crippen molar-refractivity contribution in [2.75, 3.05) is 30.2 Å². The van der Waals surface area contributed by atoms with Crippen molar-refractivity contribution in [3.05, 3.63) is 142 Å². The number of ether oxygens (including phenoxy) is 2. The number of allylic oxidation sites excluding steroid dienone is 1. The number of carbonyl (C=O) groups excluding carboxylic acids is 5. The fourth-order valence-corrected chi connectivity index (χ4v) is 6.02. The molecule has 0 aliphatic rings. The van der Waals surface area contributed by atoms with Crippen molar-refractivity contribution in [2.24, 2.45) is 5.92 Å². The summed E-state index contributed by atoms with van der Waals surface area (Å²) in [7, 11) is 2.34. The number of benzene rings is 5. The fraction of sp³-hybridized carbons (Fsp3) is 0.133. The second kappa shape index (κ2) is 20.0. The maximum absolute atomic E-state index is 14.5. The maximum Gasteiger partial charge on any atom is 0.339 e. The van der Waals surface area contributed by atoms with E-state index in [1.807, 2.05) is 6.07 Å². The molecule has 0 heterocycles. The van der Waals surface area contributed by atoms with Crippen LogP contribution in [0.15, 0.2) is 103 Å². The van der Waals surface area contributed by atoms with Gasteiger partial charge in [0, 0.05) is 36.1 Å². The number of carboxylic acids is 1. The SMILES string of the molecule is COc1c(NC(=O)c2ccc(NC(=O)c3ccc(NC(=O)[C@H](CC#N)CC(=O)c4ccc(CC(=O)/C(F)=C/c5ccc(F)cc5)cc4)cc3)c(OC)c2O)ccc(C(=O)O)c1O. The van der Waals surface area contributed by atoms with E-state index in [0.29, 0.717) is 11.1 Å². The number of amides is 3. The van der Waals surface area contributed by atoms with Gasteiger partial charge in [0.25, 0.3) is 11.8 Å². The quantitative estimate of drug-likeness (QED) is 0.0399. The monoisotopic (exact) mass is 846 g/mol. The minimum absolute atomic E-state index is 0.0262. The van der Waals surface area contributed by atoms with Crippen LogP contribution in [0.4, 0.5) is 25.8 Å². The number of phenols is 2. The molecule has 5 rings (SSSR count). The molecular weight excluding hydrogens is 811 g/mol. The topological polar surface area (TPSA) is 241 Å². The summed E-state index contributed by atoms with van der Waals surface area (Å²) in [6.45, 7) is 0. The number of hydrogen-bond acceptors (Lipinski definition) is 11. The molecule has 0 aliphatic carbocycles. The third kappa shape index (κ3) is 10.8. The van der Waals surface area contributed by atoms with Crippen molar-refractivity contribution in [3.63, 3.8) is 0 Å². The Morgan fingerprint density at radius 2 is 1.27 bits per heavy atom. The number of ketones is 2. The van der Waals surface area contributed by atoms with Crippen molar-refractivity contribution in [1.29, 1.82) is 5.26 Å². The van der Waals surface area contributed by atoms with Gasteiger partial charge in [-0.3, -0.25) is 24.0 Å². The van der Waals surface area contributed by atoms with E-state index in [1.165, 1.54) is 86.0 Å². The van der Waals surface area contributed by atoms with Crippen molar-refractivity contribution < 1.29 is 62.3 Å². The molecule has 3 amide bonds. The first-order chi connectivity index (χ1) is 29.6. The average molecular weight is 847 g/mol. The number of methoxy groups -OCH3 is 2. The summed E-state index contributed by atoms with van der Waals surface area (Å²) in [4.78, 5) is 76.3. The minimum atomic E-state index is -1.43. The zero-order valence-electron chi connectivity index (χ0n) is 32.8. The number of carboxylic acid groups (broad SMARTS) is 1. The van der Waals surface area contributed by atoms with Crippen LogP contribution in [0.3, 0.4) is 0 Å². The lowest BCUT2D eigenvalue weighted by Crippen LogP contribution is -2.25. The molecular formula is C45H36F2N4O11. The molecule has 6 N–H and O–H groups in total. The van der Waals surface area contributed by atoms with E-state index in [4.69, 9.17) is 9.47 Å². The van der Waals surface area contributed by atoms with Gasteiger partial charge in [-0.15, -0.1) is 0 Å². The second-order valence-electron chi connectivity index (χ2n) is 13.4. The van der Waals surface area contributed by atoms with E-state index in [1.54, 1.807) is 0 Å². The molecule has 5 aromatic rings. The van der Waals surface area contributed by atoms with Gasteiger partial charge in [0.05, 0.1) is 43.1 Å². The zero-order chi connectivity index (χ0) is 45.1. The van der Waals surface area contributed by atoms with Gasteiger partial charge in [0.2, 0.25) is 5.91 Å². The number of Topliss-reactive ketones (excluding diaryl/α,β-unsaturated/α-hetero) is 2. The molecule has 62 heavy (non-hydrogen) atoms. The van der Waals surface area contributed by atoms with Gasteiger partial charge in [0.1, 0.15) is 11.4 Å². The van der Waals surface area contributed by atoms with Gasteiger partial charge in [0.15, 0.2) is 40.4 Å². The number of nitrogens with one attached hydrogen (secondary N) is 3. The minimum Gasteiger partial charge on any atom is -0.504 e. The number of aromatic carboxylic acids is 1. The van der Waals surface area contributed by atoms with Gasteiger partial charge >= 0.3 is 5.97 Å². The summed E-state index contributed by atoms with van der Waals surface area (Å²) in [5, 5.41) is 47.4. The summed E-state index contributed by atoms with van der Waals surface area (Å²) in [6, 6.07) is 22.9. The molecule has 17 heteroatoms. The smallest absolute Gasteiger partial charge is 0.339 e. The van der Waals surface area contributed by atoms with Gasteiger partial charge < -0.3 is 40.7 Å². The number of rotatable bonds is 17. The number of nitriles is 1. The number of anilines is 3. The van der Waals surface area contributed by atoms with E-state index < -0.39 is 69.9 Å². The normalized spacial score (nSPS) is 11.4. The lowest BCUT2D eigenvalue weighted by Gasteiger charge is -2.16. The summed E-state index contributed by atoms with van der Waals surface area (Å²) in [6.07, 6.45) is 0.0651. The first-order valence-corrected chi connectivity index (χ1v) is 18.4. The summed E-state index contributed by atoms with van der Waals surface area (Å²) < 4.78 is 37.9. The molecule has 0 spiro atoms. The molecule has 1 atom stereocenters. The molecule has 0 aliphatic heterocycles. The van der Waals surface area contributed by atoms with Crippen molar-refractivity contribution in [3.8, 4) is 29.1 Å². The molecule has 0 saturated heterocycles.